The predicted molar refractivity (Wildman–Crippen MR) is 112 cm³/mol. The van der Waals surface area contributed by atoms with Crippen molar-refractivity contribution < 1.29 is 33.0 Å². The van der Waals surface area contributed by atoms with Gasteiger partial charge in [0.1, 0.15) is 18.8 Å². The summed E-state index contributed by atoms with van der Waals surface area (Å²) in [5.74, 6) is -1.20. The van der Waals surface area contributed by atoms with Gasteiger partial charge in [-0.05, 0) is 57.1 Å². The molecule has 7 heteroatoms. The van der Waals surface area contributed by atoms with Crippen LogP contribution in [0.25, 0.3) is 0 Å². The van der Waals surface area contributed by atoms with Gasteiger partial charge in [-0.2, -0.15) is 0 Å². The van der Waals surface area contributed by atoms with Crippen LogP contribution in [-0.2, 0) is 28.6 Å². The number of allylic oxidation sites excluding steroid dienone is 1. The third-order valence-electron chi connectivity index (χ3n) is 8.31. The summed E-state index contributed by atoms with van der Waals surface area (Å²) in [6, 6.07) is 1.82. The van der Waals surface area contributed by atoms with Crippen LogP contribution in [0.4, 0.5) is 0 Å². The summed E-state index contributed by atoms with van der Waals surface area (Å²) in [7, 11) is 0. The van der Waals surface area contributed by atoms with Crippen LogP contribution in [0.1, 0.15) is 58.1 Å². The van der Waals surface area contributed by atoms with E-state index in [1.807, 2.05) is 6.07 Å². The van der Waals surface area contributed by atoms with E-state index in [-0.39, 0.29) is 30.4 Å². The molecule has 1 saturated carbocycles. The van der Waals surface area contributed by atoms with E-state index in [2.05, 4.69) is 6.92 Å². The fourth-order valence-corrected chi connectivity index (χ4v) is 6.38. The van der Waals surface area contributed by atoms with E-state index in [1.54, 1.807) is 38.5 Å². The fourth-order valence-electron chi connectivity index (χ4n) is 6.38. The number of carbonyl (C=O) groups is 3. The maximum atomic E-state index is 13.6. The molecular formula is C25H28O7. The lowest BCUT2D eigenvalue weighted by molar-refractivity contribution is -0.165. The lowest BCUT2D eigenvalue weighted by atomic mass is 9.46. The molecule has 3 fully saturated rings. The maximum absolute atomic E-state index is 13.6. The number of carbonyl (C=O) groups excluding carboxylic acids is 3. The second kappa shape index (κ2) is 7.36. The molecule has 2 spiro atoms. The molecule has 0 amide bonds. The zero-order chi connectivity index (χ0) is 22.7. The van der Waals surface area contributed by atoms with Crippen molar-refractivity contribution >= 4 is 17.9 Å². The summed E-state index contributed by atoms with van der Waals surface area (Å²) >= 11 is 0. The molecule has 4 aliphatic rings. The molecule has 5 rings (SSSR count). The quantitative estimate of drug-likeness (QED) is 0.398. The van der Waals surface area contributed by atoms with Crippen LogP contribution in [0.15, 0.2) is 46.3 Å². The Labute approximate surface area is 186 Å². The van der Waals surface area contributed by atoms with Crippen molar-refractivity contribution in [2.75, 3.05) is 6.61 Å². The third kappa shape index (κ3) is 2.82. The summed E-state index contributed by atoms with van der Waals surface area (Å²) in [5, 5.41) is 0. The average Bonchev–Trinajstić information content (AvgIpc) is 3.50. The summed E-state index contributed by atoms with van der Waals surface area (Å²) in [5.41, 5.74) is 0.552. The first-order valence-corrected chi connectivity index (χ1v) is 11.3. The van der Waals surface area contributed by atoms with Gasteiger partial charge in [0.25, 0.3) is 0 Å². The molecule has 2 aliphatic heterocycles. The Balaban J connectivity index is 1.56. The van der Waals surface area contributed by atoms with Crippen molar-refractivity contribution in [3.05, 3.63) is 47.5 Å². The highest BCUT2D eigenvalue weighted by Gasteiger charge is 2.69. The minimum absolute atomic E-state index is 0.0613. The number of fused-ring (bicyclic) bond motifs is 1. The largest absolute Gasteiger partial charge is 0.472 e. The Morgan fingerprint density at radius 3 is 2.84 bits per heavy atom. The average molecular weight is 440 g/mol. The van der Waals surface area contributed by atoms with Gasteiger partial charge in [0.2, 0.25) is 0 Å². The Morgan fingerprint density at radius 2 is 2.12 bits per heavy atom. The highest BCUT2D eigenvalue weighted by Crippen LogP contribution is 2.67. The van der Waals surface area contributed by atoms with Crippen molar-refractivity contribution in [1.82, 2.24) is 0 Å². The van der Waals surface area contributed by atoms with Crippen LogP contribution in [-0.4, -0.2) is 30.6 Å². The Morgan fingerprint density at radius 1 is 1.31 bits per heavy atom. The van der Waals surface area contributed by atoms with Crippen LogP contribution < -0.4 is 0 Å². The number of furan rings is 1. The first-order valence-electron chi connectivity index (χ1n) is 11.3. The second-order valence-corrected chi connectivity index (χ2v) is 9.65. The Hall–Kier alpha value is -2.83. The summed E-state index contributed by atoms with van der Waals surface area (Å²) in [6.45, 7) is 5.82. The topological polar surface area (TPSA) is 92.0 Å². The van der Waals surface area contributed by atoms with Gasteiger partial charge in [0.05, 0.1) is 17.9 Å². The van der Waals surface area contributed by atoms with Gasteiger partial charge >= 0.3 is 17.9 Å². The summed E-state index contributed by atoms with van der Waals surface area (Å²) in [4.78, 5) is 38.8. The fraction of sp³-hybridized carbons (Fsp3) is 0.560. The minimum Gasteiger partial charge on any atom is -0.472 e. The van der Waals surface area contributed by atoms with Crippen molar-refractivity contribution in [2.45, 2.75) is 58.7 Å². The first-order chi connectivity index (χ1) is 15.3. The van der Waals surface area contributed by atoms with Crippen LogP contribution in [0, 0.1) is 22.7 Å². The Kier molecular flexibility index (Phi) is 4.84. The number of esters is 3. The molecule has 170 valence electrons. The lowest BCUT2D eigenvalue weighted by Crippen LogP contribution is -2.56. The molecule has 2 aliphatic carbocycles. The van der Waals surface area contributed by atoms with E-state index >= 15 is 0 Å². The molecule has 6 atom stereocenters. The van der Waals surface area contributed by atoms with Crippen LogP contribution in [0.5, 0.6) is 0 Å². The van der Waals surface area contributed by atoms with Crippen molar-refractivity contribution in [3.63, 3.8) is 0 Å². The van der Waals surface area contributed by atoms with Gasteiger partial charge in [-0.15, -0.1) is 0 Å². The molecular weight excluding hydrogens is 412 g/mol. The number of rotatable bonds is 3. The molecule has 0 N–H and O–H groups in total. The third-order valence-corrected chi connectivity index (χ3v) is 8.31. The number of cyclic esters (lactones) is 2. The first kappa shape index (κ1) is 21.0. The molecule has 0 radical (unpaired) electrons. The molecule has 2 saturated heterocycles. The molecule has 1 aromatic heterocycles. The summed E-state index contributed by atoms with van der Waals surface area (Å²) < 4.78 is 22.4. The predicted octanol–water partition coefficient (Wildman–Crippen LogP) is 4.05. The van der Waals surface area contributed by atoms with Gasteiger partial charge in [-0.1, -0.05) is 13.0 Å². The van der Waals surface area contributed by atoms with Gasteiger partial charge < -0.3 is 18.6 Å². The van der Waals surface area contributed by atoms with Crippen molar-refractivity contribution in [1.29, 1.82) is 0 Å². The number of hydrogen-bond donors (Lipinski definition) is 0. The van der Waals surface area contributed by atoms with E-state index in [0.29, 0.717) is 24.0 Å². The zero-order valence-corrected chi connectivity index (χ0v) is 18.6. The molecule has 7 nitrogen and oxygen atoms in total. The lowest BCUT2D eigenvalue weighted by Gasteiger charge is -2.54. The summed E-state index contributed by atoms with van der Waals surface area (Å²) in [6.07, 6.45) is 8.16. The number of hydrogen-bond acceptors (Lipinski definition) is 7. The van der Waals surface area contributed by atoms with Crippen LogP contribution in [0.3, 0.4) is 0 Å². The standard InChI is InChI=1S/C25H28O7/c1-4-14(2)21(26)31-17-9-18-22(27)30-13-24(18)7-5-15(3)25(20(24)10-17)11-19(32-23(25)28)16-6-8-29-12-16/h4,6,8-9,12,15,17,19-20H,5,7,10-11,13H2,1-3H3. The van der Waals surface area contributed by atoms with E-state index in [9.17, 15) is 14.4 Å². The van der Waals surface area contributed by atoms with Gasteiger partial charge in [0, 0.05) is 28.5 Å². The highest BCUT2D eigenvalue weighted by atomic mass is 16.6. The van der Waals surface area contributed by atoms with Gasteiger partial charge in [-0.25, -0.2) is 9.59 Å². The SMILES string of the molecule is CC=C(C)C(=O)OC1C=C2C(=O)OCC23CCC(C)C2(CC(c4ccoc4)OC2=O)C3C1. The van der Waals surface area contributed by atoms with Gasteiger partial charge in [0.15, 0.2) is 0 Å². The van der Waals surface area contributed by atoms with Crippen LogP contribution >= 0.6 is 0 Å². The molecule has 0 aromatic carbocycles. The number of ether oxygens (including phenoxy) is 3. The molecule has 3 heterocycles. The van der Waals surface area contributed by atoms with Crippen LogP contribution in [0.2, 0.25) is 0 Å². The van der Waals surface area contributed by atoms with Crippen molar-refractivity contribution in [3.8, 4) is 0 Å². The second-order valence-electron chi connectivity index (χ2n) is 9.65. The monoisotopic (exact) mass is 440 g/mol. The molecule has 32 heavy (non-hydrogen) atoms. The maximum Gasteiger partial charge on any atom is 0.334 e. The van der Waals surface area contributed by atoms with E-state index < -0.39 is 29.0 Å². The zero-order valence-electron chi connectivity index (χ0n) is 18.6. The van der Waals surface area contributed by atoms with E-state index in [0.717, 1.165) is 18.4 Å². The van der Waals surface area contributed by atoms with E-state index in [1.165, 1.54) is 0 Å². The highest BCUT2D eigenvalue weighted by molar-refractivity contribution is 5.94. The minimum atomic E-state index is -0.784. The smallest absolute Gasteiger partial charge is 0.334 e. The van der Waals surface area contributed by atoms with Crippen molar-refractivity contribution in [2.24, 2.45) is 22.7 Å². The van der Waals surface area contributed by atoms with E-state index in [4.69, 9.17) is 18.6 Å². The normalized spacial score (nSPS) is 38.6. The van der Waals surface area contributed by atoms with Gasteiger partial charge in [-0.3, -0.25) is 4.79 Å². The molecule has 0 bridgehead atoms. The Bertz CT molecular complexity index is 1020. The molecule has 6 unspecified atom stereocenters. The molecule has 1 aromatic rings.